The van der Waals surface area contributed by atoms with Crippen molar-refractivity contribution in [2.45, 2.75) is 6.92 Å². The second kappa shape index (κ2) is 8.43. The van der Waals surface area contributed by atoms with Crippen LogP contribution in [0.5, 0.6) is 0 Å². The normalized spacial score (nSPS) is 11.2. The number of nitrogens with zero attached hydrogens (tertiary/aromatic N) is 3. The van der Waals surface area contributed by atoms with Gasteiger partial charge in [-0.25, -0.2) is 9.97 Å². The lowest BCUT2D eigenvalue weighted by atomic mass is 9.95. The molecule has 5 N–H and O–H groups in total. The number of nitrogen functional groups attached to an aromatic ring is 1. The Morgan fingerprint density at radius 2 is 1.92 bits per heavy atom. The Morgan fingerprint density at radius 1 is 1.08 bits per heavy atom. The van der Waals surface area contributed by atoms with Gasteiger partial charge in [-0.1, -0.05) is 12.1 Å². The van der Waals surface area contributed by atoms with Crippen molar-refractivity contribution in [3.8, 4) is 33.1 Å². The van der Waals surface area contributed by atoms with Gasteiger partial charge >= 0.3 is 0 Å². The maximum absolute atomic E-state index is 13.5. The zero-order chi connectivity index (χ0) is 24.8. The maximum atomic E-state index is 13.5. The smallest absolute Gasteiger partial charge is 0.261 e. The summed E-state index contributed by atoms with van der Waals surface area (Å²) in [6.07, 6.45) is 3.46. The van der Waals surface area contributed by atoms with Crippen LogP contribution in [0.2, 0.25) is 0 Å². The minimum atomic E-state index is -0.350. The van der Waals surface area contributed by atoms with Crippen molar-refractivity contribution in [1.29, 1.82) is 0 Å². The van der Waals surface area contributed by atoms with Gasteiger partial charge in [0.05, 0.1) is 28.3 Å². The van der Waals surface area contributed by atoms with Crippen LogP contribution in [0.1, 0.15) is 6.92 Å². The van der Waals surface area contributed by atoms with Crippen molar-refractivity contribution in [1.82, 2.24) is 25.1 Å². The first kappa shape index (κ1) is 21.7. The summed E-state index contributed by atoms with van der Waals surface area (Å²) in [5, 5.41) is 13.7. The number of benzene rings is 3. The second-order valence-corrected chi connectivity index (χ2v) is 9.15. The zero-order valence-electron chi connectivity index (χ0n) is 19.0. The van der Waals surface area contributed by atoms with Gasteiger partial charge in [0.2, 0.25) is 5.91 Å². The van der Waals surface area contributed by atoms with E-state index in [9.17, 15) is 9.59 Å². The summed E-state index contributed by atoms with van der Waals surface area (Å²) in [4.78, 5) is 37.0. The minimum absolute atomic E-state index is 0.162. The molecule has 176 valence electrons. The van der Waals surface area contributed by atoms with Crippen molar-refractivity contribution in [3.63, 3.8) is 0 Å². The first-order chi connectivity index (χ1) is 17.5. The summed E-state index contributed by atoms with van der Waals surface area (Å²) in [7, 11) is 0. The van der Waals surface area contributed by atoms with Gasteiger partial charge in [0.25, 0.3) is 5.56 Å². The third-order valence-corrected chi connectivity index (χ3v) is 6.75. The van der Waals surface area contributed by atoms with Gasteiger partial charge in [0, 0.05) is 46.3 Å². The van der Waals surface area contributed by atoms with E-state index in [2.05, 4.69) is 25.5 Å². The number of rotatable bonds is 4. The number of hydrogen-bond donors (Lipinski definition) is 4. The number of aromatic nitrogens is 5. The van der Waals surface area contributed by atoms with Gasteiger partial charge in [-0.05, 0) is 42.0 Å². The fourth-order valence-electron chi connectivity index (χ4n) is 4.34. The SMILES string of the molecule is CC(=O)Nc1ccc(-c2nc3c(-c4nccs4)cc(-c4cccc5[nH]ncc45)c(N)c3c(=O)[nH]2)cc1. The molecule has 0 atom stereocenters. The lowest BCUT2D eigenvalue weighted by Crippen LogP contribution is -2.13. The Labute approximate surface area is 208 Å². The molecule has 0 saturated heterocycles. The highest BCUT2D eigenvalue weighted by Crippen LogP contribution is 2.40. The summed E-state index contributed by atoms with van der Waals surface area (Å²) in [5.41, 5.74) is 11.6. The average molecular weight is 494 g/mol. The highest BCUT2D eigenvalue weighted by atomic mass is 32.1. The topological polar surface area (TPSA) is 142 Å². The Kier molecular flexibility index (Phi) is 5.08. The van der Waals surface area contributed by atoms with Gasteiger partial charge < -0.3 is 16.0 Å². The van der Waals surface area contributed by atoms with E-state index in [-0.39, 0.29) is 11.5 Å². The van der Waals surface area contributed by atoms with E-state index in [0.717, 1.165) is 21.5 Å². The van der Waals surface area contributed by atoms with Crippen molar-refractivity contribution in [2.24, 2.45) is 0 Å². The number of amides is 1. The Balaban J connectivity index is 1.61. The average Bonchev–Trinajstić information content (AvgIpc) is 3.56. The third-order valence-electron chi connectivity index (χ3n) is 5.94. The number of nitrogens with two attached hydrogens (primary N) is 1. The van der Waals surface area contributed by atoms with Crippen molar-refractivity contribution >= 4 is 50.4 Å². The molecule has 0 unspecified atom stereocenters. The molecule has 0 spiro atoms. The van der Waals surface area contributed by atoms with Gasteiger partial charge in [-0.3, -0.25) is 14.7 Å². The summed E-state index contributed by atoms with van der Waals surface area (Å²) in [6.45, 7) is 1.45. The minimum Gasteiger partial charge on any atom is -0.398 e. The number of hydrogen-bond acceptors (Lipinski definition) is 7. The molecule has 0 aliphatic heterocycles. The molecule has 6 aromatic rings. The molecule has 6 rings (SSSR count). The Bertz CT molecular complexity index is 1820. The second-order valence-electron chi connectivity index (χ2n) is 8.26. The molecule has 3 aromatic carbocycles. The highest BCUT2D eigenvalue weighted by Gasteiger charge is 2.20. The number of aromatic amines is 2. The zero-order valence-corrected chi connectivity index (χ0v) is 19.8. The molecule has 0 fully saturated rings. The molecule has 0 radical (unpaired) electrons. The number of thiazole rings is 1. The van der Waals surface area contributed by atoms with Crippen LogP contribution in [0.25, 0.3) is 54.9 Å². The summed E-state index contributed by atoms with van der Waals surface area (Å²) in [6, 6.07) is 14.8. The molecule has 0 aliphatic rings. The van der Waals surface area contributed by atoms with Crippen LogP contribution in [0, 0.1) is 0 Å². The number of H-pyrrole nitrogens is 2. The number of carbonyl (C=O) groups is 1. The van der Waals surface area contributed by atoms with Crippen LogP contribution < -0.4 is 16.6 Å². The first-order valence-electron chi connectivity index (χ1n) is 11.1. The molecule has 0 saturated carbocycles. The van der Waals surface area contributed by atoms with Crippen LogP contribution in [0.4, 0.5) is 11.4 Å². The van der Waals surface area contributed by atoms with Gasteiger partial charge in [-0.15, -0.1) is 11.3 Å². The van der Waals surface area contributed by atoms with E-state index >= 15 is 0 Å². The summed E-state index contributed by atoms with van der Waals surface area (Å²) in [5.74, 6) is 0.231. The van der Waals surface area contributed by atoms with Crippen LogP contribution in [0.3, 0.4) is 0 Å². The first-order valence-corrected chi connectivity index (χ1v) is 11.9. The molecular formula is C26H19N7O2S. The van der Waals surface area contributed by atoms with E-state index in [1.807, 2.05) is 29.6 Å². The molecule has 0 aliphatic carbocycles. The van der Waals surface area contributed by atoms with Crippen LogP contribution >= 0.6 is 11.3 Å². The van der Waals surface area contributed by atoms with Crippen molar-refractivity contribution in [2.75, 3.05) is 11.1 Å². The quantitative estimate of drug-likeness (QED) is 0.260. The van der Waals surface area contributed by atoms with Crippen molar-refractivity contribution < 1.29 is 4.79 Å². The van der Waals surface area contributed by atoms with Crippen LogP contribution in [0.15, 0.2) is 71.1 Å². The molecule has 1 amide bonds. The fraction of sp³-hybridized carbons (Fsp3) is 0.0385. The van der Waals surface area contributed by atoms with Gasteiger partial charge in [0.1, 0.15) is 10.8 Å². The number of fused-ring (bicyclic) bond motifs is 2. The monoisotopic (exact) mass is 493 g/mol. The van der Waals surface area contributed by atoms with E-state index in [1.54, 1.807) is 36.7 Å². The number of nitrogens with one attached hydrogen (secondary N) is 3. The fourth-order valence-corrected chi connectivity index (χ4v) is 4.99. The highest BCUT2D eigenvalue weighted by molar-refractivity contribution is 7.13. The third kappa shape index (κ3) is 3.60. The Morgan fingerprint density at radius 3 is 2.67 bits per heavy atom. The van der Waals surface area contributed by atoms with Crippen LogP contribution in [-0.2, 0) is 4.79 Å². The van der Waals surface area contributed by atoms with Crippen molar-refractivity contribution in [3.05, 3.63) is 76.7 Å². The molecule has 36 heavy (non-hydrogen) atoms. The molecule has 10 heteroatoms. The summed E-state index contributed by atoms with van der Waals surface area (Å²) < 4.78 is 0. The van der Waals surface area contributed by atoms with E-state index in [4.69, 9.17) is 10.7 Å². The molecule has 0 bridgehead atoms. The summed E-state index contributed by atoms with van der Waals surface area (Å²) >= 11 is 1.46. The number of anilines is 2. The molecule has 9 nitrogen and oxygen atoms in total. The number of carbonyl (C=O) groups excluding carboxylic acids is 1. The molecular weight excluding hydrogens is 474 g/mol. The van der Waals surface area contributed by atoms with Gasteiger partial charge in [-0.2, -0.15) is 5.10 Å². The maximum Gasteiger partial charge on any atom is 0.261 e. The standard InChI is InChI=1S/C26H19N7O2S/c1-13(34)30-15-7-5-14(6-8-15)24-31-23-18(26-28-9-10-36-26)11-17(22(27)21(23)25(35)32-24)16-3-2-4-20-19(16)12-29-33-20/h2-12H,27H2,1H3,(H,29,33)(H,30,34)(H,31,32,35). The predicted octanol–water partition coefficient (Wildman–Crippen LogP) is 4.80. The lowest BCUT2D eigenvalue weighted by Gasteiger charge is -2.14. The van der Waals surface area contributed by atoms with E-state index < -0.39 is 0 Å². The Hall–Kier alpha value is -4.83. The lowest BCUT2D eigenvalue weighted by molar-refractivity contribution is -0.114. The van der Waals surface area contributed by atoms with Gasteiger partial charge in [0.15, 0.2) is 0 Å². The molecule has 3 heterocycles. The van der Waals surface area contributed by atoms with Crippen LogP contribution in [-0.4, -0.2) is 31.1 Å². The molecule has 3 aromatic heterocycles. The predicted molar refractivity (Wildman–Crippen MR) is 143 cm³/mol. The largest absolute Gasteiger partial charge is 0.398 e. The van der Waals surface area contributed by atoms with E-state index in [1.165, 1.54) is 18.3 Å². The van der Waals surface area contributed by atoms with E-state index in [0.29, 0.717) is 44.8 Å².